The van der Waals surface area contributed by atoms with Crippen LogP contribution in [0.25, 0.3) is 0 Å². The van der Waals surface area contributed by atoms with E-state index in [1.165, 1.54) is 0 Å². The van der Waals surface area contributed by atoms with E-state index in [0.29, 0.717) is 0 Å². The van der Waals surface area contributed by atoms with Crippen LogP contribution < -0.4 is 28.8 Å². The molecule has 0 saturated heterocycles. The van der Waals surface area contributed by atoms with E-state index in [0.717, 1.165) is 0 Å². The van der Waals surface area contributed by atoms with E-state index in [9.17, 15) is 0 Å². The van der Waals surface area contributed by atoms with Crippen molar-refractivity contribution in [2.75, 3.05) is 0 Å². The molecule has 0 aliphatic carbocycles. The van der Waals surface area contributed by atoms with Crippen molar-refractivity contribution in [2.24, 2.45) is 0 Å². The number of rotatable bonds is 0. The molecule has 0 radical (unpaired) electrons. The van der Waals surface area contributed by atoms with Gasteiger partial charge in [0.25, 0.3) is 0 Å². The Morgan fingerprint density at radius 2 is 0.533 bits per heavy atom. The zero-order valence-electron chi connectivity index (χ0n) is 6.33. The molecular weight excluding hydrogens is 307 g/mol. The fraction of sp³-hybridized carbons (Fsp3) is 0. The van der Waals surface area contributed by atoms with E-state index in [2.05, 4.69) is 0 Å². The van der Waals surface area contributed by atoms with Crippen molar-refractivity contribution in [3.05, 3.63) is 0 Å². The Balaban J connectivity index is -0.0000000184. The zero-order chi connectivity index (χ0) is 10.7. The van der Waals surface area contributed by atoms with Crippen molar-refractivity contribution in [1.82, 2.24) is 0 Å². The Labute approximate surface area is 127 Å². The van der Waals surface area contributed by atoms with Gasteiger partial charge in [0.15, 0.2) is 0 Å². The standard InChI is InChI=1S/2Al.Mg.3O3Si.2H/c;;;3*1-4(2)3;;/q2*+3;;3*-2;;. The van der Waals surface area contributed by atoms with Crippen LogP contribution in [0, 0.1) is 0 Å². The van der Waals surface area contributed by atoms with Crippen molar-refractivity contribution in [2.45, 2.75) is 0 Å². The summed E-state index contributed by atoms with van der Waals surface area (Å²) in [5.41, 5.74) is 0. The molecule has 0 fully saturated rings. The maximum Gasteiger partial charge on any atom is 3.00 e. The largest absolute Gasteiger partial charge is 3.00 e. The Bertz CT molecular complexity index is 121. The molecule has 0 unspecified atom stereocenters. The average molecular weight is 309 g/mol. The minimum atomic E-state index is -3.63. The fourth-order valence-corrected chi connectivity index (χ4v) is 0. The van der Waals surface area contributed by atoms with Crippen molar-refractivity contribution in [3.8, 4) is 0 Å². The van der Waals surface area contributed by atoms with Gasteiger partial charge in [-0.3, -0.25) is 0 Å². The molecule has 0 heterocycles. The first-order valence-electron chi connectivity index (χ1n) is 1.84. The molecule has 0 aromatic heterocycles. The minimum Gasteiger partial charge on any atom is -0.672 e. The molecular formula is H2Al2MgO9Si3. The van der Waals surface area contributed by atoms with Crippen LogP contribution in [-0.2, 0) is 13.4 Å². The van der Waals surface area contributed by atoms with E-state index in [4.69, 9.17) is 42.2 Å². The molecule has 0 atom stereocenters. The number of hydrogen-bond donors (Lipinski definition) is 0. The second-order valence-electron chi connectivity index (χ2n) is 0.750. The van der Waals surface area contributed by atoms with Gasteiger partial charge in [-0.2, -0.15) is 0 Å². The normalized spacial score (nSPS) is 4.80. The van der Waals surface area contributed by atoms with Gasteiger partial charge in [0.05, 0.1) is 0 Å². The summed E-state index contributed by atoms with van der Waals surface area (Å²) in [4.78, 5) is 51.1. The van der Waals surface area contributed by atoms with Crippen LogP contribution in [0.5, 0.6) is 0 Å². The second kappa shape index (κ2) is 29.3. The first-order chi connectivity index (χ1) is 5.20. The Morgan fingerprint density at radius 1 is 0.533 bits per heavy atom. The van der Waals surface area contributed by atoms with Gasteiger partial charge in [0.2, 0.25) is 0 Å². The van der Waals surface area contributed by atoms with Crippen molar-refractivity contribution >= 4 is 85.3 Å². The van der Waals surface area contributed by atoms with Crippen LogP contribution in [-0.4, -0.2) is 85.3 Å². The summed E-state index contributed by atoms with van der Waals surface area (Å²) in [5.74, 6) is 0. The van der Waals surface area contributed by atoms with Crippen LogP contribution in [0.1, 0.15) is 0 Å². The molecule has 0 N–H and O–H groups in total. The molecule has 0 rings (SSSR count). The zero-order valence-corrected chi connectivity index (χ0v) is 11.6. The first kappa shape index (κ1) is 36.1. The predicted octanol–water partition coefficient (Wildman–Crippen LogP) is -10.3. The molecule has 0 aliphatic heterocycles. The van der Waals surface area contributed by atoms with Crippen molar-refractivity contribution in [1.29, 1.82) is 0 Å². The Hall–Kier alpha value is 0.682. The van der Waals surface area contributed by atoms with Crippen molar-refractivity contribution < 1.29 is 42.2 Å². The van der Waals surface area contributed by atoms with Gasteiger partial charge >= 0.3 is 57.8 Å². The quantitative estimate of drug-likeness (QED) is 0.391. The molecule has 0 aromatic carbocycles. The summed E-state index contributed by atoms with van der Waals surface area (Å²) in [5, 5.41) is 0. The van der Waals surface area contributed by atoms with Crippen molar-refractivity contribution in [3.63, 3.8) is 0 Å². The van der Waals surface area contributed by atoms with Gasteiger partial charge in [-0.25, -0.2) is 0 Å². The molecule has 0 aromatic rings. The van der Waals surface area contributed by atoms with Gasteiger partial charge in [-0.15, -0.1) is 0 Å². The molecule has 76 valence electrons. The third-order valence-electron chi connectivity index (χ3n) is 0. The Morgan fingerprint density at radius 3 is 0.533 bits per heavy atom. The minimum absolute atomic E-state index is 0. The van der Waals surface area contributed by atoms with Crippen LogP contribution >= 0.6 is 0 Å². The molecule has 0 bridgehead atoms. The average Bonchev–Trinajstić information content (AvgIpc) is 1.54. The van der Waals surface area contributed by atoms with Crippen LogP contribution in [0.15, 0.2) is 0 Å². The molecule has 0 aliphatic rings. The van der Waals surface area contributed by atoms with Crippen LogP contribution in [0.2, 0.25) is 0 Å². The van der Waals surface area contributed by atoms with E-state index >= 15 is 0 Å². The molecule has 9 nitrogen and oxygen atoms in total. The summed E-state index contributed by atoms with van der Waals surface area (Å²) >= 11 is 0. The molecule has 0 amide bonds. The maximum absolute atomic E-state index is 8.52. The molecule has 15 heteroatoms. The summed E-state index contributed by atoms with van der Waals surface area (Å²) in [6, 6.07) is 0. The summed E-state index contributed by atoms with van der Waals surface area (Å²) in [6.07, 6.45) is 0. The summed E-state index contributed by atoms with van der Waals surface area (Å²) < 4.78 is 25.6. The third kappa shape index (κ3) is 5080. The maximum atomic E-state index is 8.52. The predicted molar refractivity (Wildman–Crippen MR) is 39.4 cm³/mol. The smallest absolute Gasteiger partial charge is 0.672 e. The van der Waals surface area contributed by atoms with Gasteiger partial charge in [-0.05, 0) is 0 Å². The number of hydrogen-bond acceptors (Lipinski definition) is 9. The van der Waals surface area contributed by atoms with E-state index in [-0.39, 0.29) is 57.8 Å². The first-order valence-corrected chi connectivity index (χ1v) is 5.51. The topological polar surface area (TPSA) is 190 Å². The van der Waals surface area contributed by atoms with Gasteiger partial charge < -0.3 is 42.2 Å². The molecule has 0 spiro atoms. The van der Waals surface area contributed by atoms with E-state index < -0.39 is 27.5 Å². The molecule has 0 saturated carbocycles. The molecule has 15 heavy (non-hydrogen) atoms. The SMILES string of the molecule is O=[Si]([O-])[O-].O=[Si]([O-])[O-].O=[Si]([O-])[O-].[Al+3].[Al+3].[MgH2]. The van der Waals surface area contributed by atoms with Gasteiger partial charge in [0, 0.05) is 27.5 Å². The Kier molecular flexibility index (Phi) is 70.5. The second-order valence-corrected chi connectivity index (χ2v) is 2.25. The summed E-state index contributed by atoms with van der Waals surface area (Å²) in [7, 11) is -10.9. The van der Waals surface area contributed by atoms with Crippen LogP contribution in [0.3, 0.4) is 0 Å². The summed E-state index contributed by atoms with van der Waals surface area (Å²) in [6.45, 7) is 0. The van der Waals surface area contributed by atoms with Crippen LogP contribution in [0.4, 0.5) is 0 Å². The van der Waals surface area contributed by atoms with Gasteiger partial charge in [0.1, 0.15) is 0 Å². The fourth-order valence-electron chi connectivity index (χ4n) is 0. The van der Waals surface area contributed by atoms with E-state index in [1.54, 1.807) is 0 Å². The third-order valence-corrected chi connectivity index (χ3v) is 0. The van der Waals surface area contributed by atoms with E-state index in [1.807, 2.05) is 0 Å². The monoisotopic (exact) mass is 308 g/mol. The van der Waals surface area contributed by atoms with Gasteiger partial charge in [-0.1, -0.05) is 0 Å².